The van der Waals surface area contributed by atoms with Gasteiger partial charge in [0.05, 0.1) is 0 Å². The molecule has 4 rings (SSSR count). The first-order valence-electron chi connectivity index (χ1n) is 8.84. The lowest BCUT2D eigenvalue weighted by Crippen LogP contribution is -2.26. The van der Waals surface area contributed by atoms with Crippen LogP contribution in [0.15, 0.2) is 46.1 Å². The van der Waals surface area contributed by atoms with E-state index in [4.69, 9.17) is 0 Å². The van der Waals surface area contributed by atoms with Gasteiger partial charge in [-0.1, -0.05) is 25.5 Å². The zero-order chi connectivity index (χ0) is 18.4. The summed E-state index contributed by atoms with van der Waals surface area (Å²) >= 11 is 0. The number of hydrogen-bond acceptors (Lipinski definition) is 3. The third-order valence-electron chi connectivity index (χ3n) is 5.27. The lowest BCUT2D eigenvalue weighted by atomic mass is 9.76. The Labute approximate surface area is 150 Å². The highest BCUT2D eigenvalue weighted by Gasteiger charge is 2.25. The lowest BCUT2D eigenvalue weighted by Gasteiger charge is -2.29. The van der Waals surface area contributed by atoms with Gasteiger partial charge in [0.1, 0.15) is 23.2 Å². The van der Waals surface area contributed by atoms with Crippen molar-refractivity contribution in [3.8, 4) is 0 Å². The van der Waals surface area contributed by atoms with Crippen molar-refractivity contribution in [3.05, 3.63) is 52.3 Å². The normalized spacial score (nSPS) is 23.8. The fourth-order valence-corrected chi connectivity index (χ4v) is 4.02. The average molecular weight is 352 g/mol. The van der Waals surface area contributed by atoms with Crippen molar-refractivity contribution in [3.63, 3.8) is 0 Å². The molecule has 26 heavy (non-hydrogen) atoms. The Kier molecular flexibility index (Phi) is 3.98. The number of hydrogen-bond donors (Lipinski definition) is 1. The molecular formula is C20H21FN4O. The Balaban J connectivity index is 1.75. The number of H-pyrrole nitrogens is 1. The maximum absolute atomic E-state index is 13.5. The number of aromatic amines is 1. The molecule has 2 heterocycles. The molecule has 1 N–H and O–H groups in total. The molecule has 3 aromatic rings. The van der Waals surface area contributed by atoms with E-state index in [0.717, 1.165) is 6.42 Å². The molecule has 0 spiro atoms. The topological polar surface area (TPSA) is 63.0 Å². The molecule has 6 heteroatoms. The molecule has 0 saturated heterocycles. The number of rotatable bonds is 2. The first kappa shape index (κ1) is 16.7. The SMILES string of the molecule is CC1=C[C@H](C)[C@@H](/C=N\n2cnc3c([nH]c4ccc(F)cc43)c2=O)[C@@H](C)C1. The summed E-state index contributed by atoms with van der Waals surface area (Å²) in [5.41, 5.74) is 2.61. The summed E-state index contributed by atoms with van der Waals surface area (Å²) in [6.45, 7) is 6.54. The number of benzene rings is 1. The quantitative estimate of drug-likeness (QED) is 0.558. The van der Waals surface area contributed by atoms with Gasteiger partial charge in [-0.2, -0.15) is 9.78 Å². The molecule has 134 valence electrons. The van der Waals surface area contributed by atoms with Crippen LogP contribution in [0.2, 0.25) is 0 Å². The molecular weight excluding hydrogens is 331 g/mol. The van der Waals surface area contributed by atoms with Gasteiger partial charge >= 0.3 is 0 Å². The zero-order valence-electron chi connectivity index (χ0n) is 15.0. The van der Waals surface area contributed by atoms with Crippen molar-refractivity contribution in [1.82, 2.24) is 14.6 Å². The summed E-state index contributed by atoms with van der Waals surface area (Å²) in [6, 6.07) is 4.35. The van der Waals surface area contributed by atoms with Crippen LogP contribution in [-0.2, 0) is 0 Å². The lowest BCUT2D eigenvalue weighted by molar-refractivity contribution is 0.361. The first-order valence-corrected chi connectivity index (χ1v) is 8.84. The predicted octanol–water partition coefficient (Wildman–Crippen LogP) is 4.09. The number of nitrogens with zero attached hydrogens (tertiary/aromatic N) is 3. The fraction of sp³-hybridized carbons (Fsp3) is 0.350. The Hall–Kier alpha value is -2.76. The molecule has 0 saturated carbocycles. The molecule has 0 unspecified atom stereocenters. The van der Waals surface area contributed by atoms with Crippen molar-refractivity contribution in [2.24, 2.45) is 22.9 Å². The molecule has 0 radical (unpaired) electrons. The number of fused-ring (bicyclic) bond motifs is 3. The molecule has 2 aromatic heterocycles. The minimum Gasteiger partial charge on any atom is -0.349 e. The van der Waals surface area contributed by atoms with E-state index < -0.39 is 0 Å². The van der Waals surface area contributed by atoms with E-state index in [1.807, 2.05) is 6.21 Å². The van der Waals surface area contributed by atoms with Gasteiger partial charge in [-0.3, -0.25) is 4.79 Å². The maximum atomic E-state index is 13.5. The van der Waals surface area contributed by atoms with E-state index >= 15 is 0 Å². The Bertz CT molecular complexity index is 1110. The predicted molar refractivity (Wildman–Crippen MR) is 102 cm³/mol. The number of halogens is 1. The molecule has 1 aromatic carbocycles. The Morgan fingerprint density at radius 2 is 2.19 bits per heavy atom. The van der Waals surface area contributed by atoms with E-state index in [9.17, 15) is 9.18 Å². The standard InChI is InChI=1S/C20H21FN4O/c1-11-6-12(2)16(13(3)7-11)9-23-25-10-22-18-15-8-14(21)4-5-17(15)24-19(18)20(25)26/h4-6,8-10,12-13,16,24H,7H2,1-3H3/b23-9-/t12-,13-,16+/m0/s1. The number of allylic oxidation sites excluding steroid dienone is 2. The summed E-state index contributed by atoms with van der Waals surface area (Å²) in [7, 11) is 0. The summed E-state index contributed by atoms with van der Waals surface area (Å²) in [5.74, 6) is 0.775. The van der Waals surface area contributed by atoms with Crippen LogP contribution in [-0.4, -0.2) is 20.9 Å². The van der Waals surface area contributed by atoms with Crippen LogP contribution in [0.3, 0.4) is 0 Å². The highest BCUT2D eigenvalue weighted by Crippen LogP contribution is 2.32. The van der Waals surface area contributed by atoms with E-state index in [-0.39, 0.29) is 17.3 Å². The highest BCUT2D eigenvalue weighted by atomic mass is 19.1. The Morgan fingerprint density at radius 3 is 2.96 bits per heavy atom. The van der Waals surface area contributed by atoms with Crippen LogP contribution in [0.25, 0.3) is 21.9 Å². The average Bonchev–Trinajstić information content (AvgIpc) is 2.94. The molecule has 0 fully saturated rings. The minimum absolute atomic E-state index is 0.276. The van der Waals surface area contributed by atoms with Gasteiger partial charge < -0.3 is 4.98 Å². The van der Waals surface area contributed by atoms with Crippen molar-refractivity contribution in [2.75, 3.05) is 0 Å². The van der Waals surface area contributed by atoms with Gasteiger partial charge in [-0.25, -0.2) is 9.37 Å². The maximum Gasteiger partial charge on any atom is 0.298 e. The largest absolute Gasteiger partial charge is 0.349 e. The molecule has 0 aliphatic heterocycles. The highest BCUT2D eigenvalue weighted by molar-refractivity contribution is 6.04. The molecule has 3 atom stereocenters. The van der Waals surface area contributed by atoms with Crippen molar-refractivity contribution < 1.29 is 4.39 Å². The molecule has 1 aliphatic rings. The molecule has 0 amide bonds. The van der Waals surface area contributed by atoms with Crippen LogP contribution in [0.5, 0.6) is 0 Å². The summed E-state index contributed by atoms with van der Waals surface area (Å²) in [6.07, 6.45) is 6.57. The van der Waals surface area contributed by atoms with Crippen LogP contribution in [0.4, 0.5) is 4.39 Å². The van der Waals surface area contributed by atoms with Gasteiger partial charge in [0.15, 0.2) is 0 Å². The monoisotopic (exact) mass is 352 g/mol. The van der Waals surface area contributed by atoms with Gasteiger partial charge in [0, 0.05) is 23.0 Å². The second-order valence-electron chi connectivity index (χ2n) is 7.33. The van der Waals surface area contributed by atoms with Gasteiger partial charge in [-0.15, -0.1) is 0 Å². The van der Waals surface area contributed by atoms with Crippen LogP contribution < -0.4 is 5.56 Å². The summed E-state index contributed by atoms with van der Waals surface area (Å²) in [4.78, 5) is 20.1. The third-order valence-corrected chi connectivity index (χ3v) is 5.27. The number of nitrogens with one attached hydrogen (secondary N) is 1. The van der Waals surface area contributed by atoms with Crippen molar-refractivity contribution in [1.29, 1.82) is 0 Å². The van der Waals surface area contributed by atoms with Crippen LogP contribution in [0, 0.1) is 23.6 Å². The van der Waals surface area contributed by atoms with E-state index in [1.165, 1.54) is 28.7 Å². The Morgan fingerprint density at radius 1 is 1.38 bits per heavy atom. The van der Waals surface area contributed by atoms with Gasteiger partial charge in [0.25, 0.3) is 5.56 Å². The minimum atomic E-state index is -0.356. The van der Waals surface area contributed by atoms with Gasteiger partial charge in [-0.05, 0) is 43.4 Å². The second-order valence-corrected chi connectivity index (χ2v) is 7.33. The van der Waals surface area contributed by atoms with E-state index in [0.29, 0.717) is 33.8 Å². The number of aromatic nitrogens is 3. The van der Waals surface area contributed by atoms with Gasteiger partial charge in [0.2, 0.25) is 0 Å². The van der Waals surface area contributed by atoms with Crippen LogP contribution >= 0.6 is 0 Å². The van der Waals surface area contributed by atoms with Crippen molar-refractivity contribution in [2.45, 2.75) is 27.2 Å². The zero-order valence-corrected chi connectivity index (χ0v) is 15.0. The van der Waals surface area contributed by atoms with E-state index in [2.05, 4.69) is 41.9 Å². The first-order chi connectivity index (χ1) is 12.4. The molecule has 5 nitrogen and oxygen atoms in total. The second kappa shape index (κ2) is 6.20. The van der Waals surface area contributed by atoms with Crippen LogP contribution in [0.1, 0.15) is 27.2 Å². The molecule has 0 bridgehead atoms. The summed E-state index contributed by atoms with van der Waals surface area (Å²) < 4.78 is 14.7. The summed E-state index contributed by atoms with van der Waals surface area (Å²) in [5, 5.41) is 4.99. The third kappa shape index (κ3) is 2.75. The fourth-order valence-electron chi connectivity index (χ4n) is 4.02. The van der Waals surface area contributed by atoms with Crippen molar-refractivity contribution >= 4 is 28.2 Å². The smallest absolute Gasteiger partial charge is 0.298 e. The van der Waals surface area contributed by atoms with E-state index in [1.54, 1.807) is 6.07 Å². The molecule has 1 aliphatic carbocycles.